The van der Waals surface area contributed by atoms with Crippen molar-refractivity contribution in [1.29, 1.82) is 0 Å². The normalized spacial score (nSPS) is 12.0. The Balaban J connectivity index is 1.60. The predicted octanol–water partition coefficient (Wildman–Crippen LogP) is 3.14. The molecule has 0 radical (unpaired) electrons. The van der Waals surface area contributed by atoms with Gasteiger partial charge in [-0.3, -0.25) is 9.59 Å². The molecule has 0 aliphatic carbocycles. The Hall–Kier alpha value is -3.94. The van der Waals surface area contributed by atoms with Crippen LogP contribution in [0.25, 0.3) is 16.6 Å². The second-order valence-electron chi connectivity index (χ2n) is 8.35. The number of nitrogens with one attached hydrogen (secondary N) is 1. The molecule has 0 saturated heterocycles. The van der Waals surface area contributed by atoms with Gasteiger partial charge < -0.3 is 10.2 Å². The second kappa shape index (κ2) is 8.90. The maximum Gasteiger partial charge on any atom is 0.278 e. The first-order valence-electron chi connectivity index (χ1n) is 10.9. The number of carbonyl (C=O) groups excluding carboxylic acids is 1. The fourth-order valence-corrected chi connectivity index (χ4v) is 3.82. The lowest BCUT2D eigenvalue weighted by Crippen LogP contribution is -2.37. The van der Waals surface area contributed by atoms with Crippen LogP contribution in [-0.4, -0.2) is 39.6 Å². The number of para-hydroxylation sites is 1. The molecule has 0 spiro atoms. The SMILES string of the molecule is Cc1nn([C@H](C)C(=O)NCc2ccc(N(C)C)cc2)c(=O)c2c(C)n(-c3ccccc3)nc12. The van der Waals surface area contributed by atoms with Gasteiger partial charge in [-0.25, -0.2) is 9.36 Å². The molecule has 33 heavy (non-hydrogen) atoms. The lowest BCUT2D eigenvalue weighted by atomic mass is 10.2. The fraction of sp³-hybridized carbons (Fsp3) is 0.280. The highest BCUT2D eigenvalue weighted by Crippen LogP contribution is 2.20. The van der Waals surface area contributed by atoms with E-state index in [2.05, 4.69) is 15.5 Å². The van der Waals surface area contributed by atoms with Crippen LogP contribution in [0.15, 0.2) is 59.4 Å². The van der Waals surface area contributed by atoms with Crippen molar-refractivity contribution >= 4 is 22.5 Å². The molecule has 4 rings (SSSR count). The molecule has 1 atom stereocenters. The molecule has 0 bridgehead atoms. The molecule has 8 nitrogen and oxygen atoms in total. The first kappa shape index (κ1) is 22.3. The third-order valence-corrected chi connectivity index (χ3v) is 5.81. The Morgan fingerprint density at radius 2 is 1.70 bits per heavy atom. The zero-order valence-electron chi connectivity index (χ0n) is 19.5. The standard InChI is InChI=1S/C25H28N6O2/c1-16-23-22(17(2)30(28-23)21-9-7-6-8-10-21)25(33)31(27-16)18(3)24(32)26-15-19-11-13-20(14-12-19)29(4)5/h6-14,18H,15H2,1-5H3,(H,26,32)/t18-/m1/s1. The Bertz CT molecular complexity index is 1350. The maximum atomic E-state index is 13.3. The Morgan fingerprint density at radius 1 is 1.03 bits per heavy atom. The van der Waals surface area contributed by atoms with E-state index >= 15 is 0 Å². The van der Waals surface area contributed by atoms with Gasteiger partial charge in [-0.05, 0) is 50.6 Å². The molecule has 4 aromatic rings. The summed E-state index contributed by atoms with van der Waals surface area (Å²) in [6.07, 6.45) is 0. The number of hydrogen-bond acceptors (Lipinski definition) is 5. The number of amides is 1. The van der Waals surface area contributed by atoms with Crippen molar-refractivity contribution in [3.8, 4) is 5.69 Å². The number of anilines is 1. The minimum atomic E-state index is -0.763. The van der Waals surface area contributed by atoms with Gasteiger partial charge in [0.15, 0.2) is 0 Å². The highest BCUT2D eigenvalue weighted by atomic mass is 16.2. The molecule has 1 N–H and O–H groups in total. The van der Waals surface area contributed by atoms with Crippen LogP contribution in [0.2, 0.25) is 0 Å². The summed E-state index contributed by atoms with van der Waals surface area (Å²) in [6, 6.07) is 16.8. The molecule has 8 heteroatoms. The summed E-state index contributed by atoms with van der Waals surface area (Å²) < 4.78 is 3.00. The van der Waals surface area contributed by atoms with Crippen LogP contribution < -0.4 is 15.8 Å². The largest absolute Gasteiger partial charge is 0.378 e. The van der Waals surface area contributed by atoms with Crippen LogP contribution in [0, 0.1) is 13.8 Å². The van der Waals surface area contributed by atoms with E-state index in [1.165, 1.54) is 4.68 Å². The van der Waals surface area contributed by atoms with Gasteiger partial charge in [0.2, 0.25) is 5.91 Å². The van der Waals surface area contributed by atoms with Crippen LogP contribution in [0.3, 0.4) is 0 Å². The average Bonchev–Trinajstić information content (AvgIpc) is 3.18. The van der Waals surface area contributed by atoms with E-state index < -0.39 is 6.04 Å². The molecule has 2 aromatic carbocycles. The third kappa shape index (κ3) is 4.24. The number of aryl methyl sites for hydroxylation is 2. The van der Waals surface area contributed by atoms with E-state index in [-0.39, 0.29) is 11.5 Å². The highest BCUT2D eigenvalue weighted by molar-refractivity contribution is 5.84. The summed E-state index contributed by atoms with van der Waals surface area (Å²) >= 11 is 0. The number of nitrogens with zero attached hydrogens (tertiary/aromatic N) is 5. The minimum Gasteiger partial charge on any atom is -0.378 e. The number of hydrogen-bond donors (Lipinski definition) is 1. The van der Waals surface area contributed by atoms with Crippen molar-refractivity contribution in [2.45, 2.75) is 33.4 Å². The second-order valence-corrected chi connectivity index (χ2v) is 8.35. The van der Waals surface area contributed by atoms with Gasteiger partial charge in [-0.15, -0.1) is 0 Å². The maximum absolute atomic E-state index is 13.3. The number of benzene rings is 2. The zero-order chi connectivity index (χ0) is 23.7. The molecule has 2 aromatic heterocycles. The quantitative estimate of drug-likeness (QED) is 0.494. The van der Waals surface area contributed by atoms with Gasteiger partial charge in [-0.1, -0.05) is 30.3 Å². The molecule has 1 amide bonds. The van der Waals surface area contributed by atoms with E-state index in [9.17, 15) is 9.59 Å². The van der Waals surface area contributed by atoms with E-state index in [4.69, 9.17) is 0 Å². The molecule has 170 valence electrons. The minimum absolute atomic E-state index is 0.270. The third-order valence-electron chi connectivity index (χ3n) is 5.81. The van der Waals surface area contributed by atoms with E-state index in [1.807, 2.05) is 80.5 Å². The van der Waals surface area contributed by atoms with Gasteiger partial charge in [0, 0.05) is 26.3 Å². The first-order valence-corrected chi connectivity index (χ1v) is 10.9. The van der Waals surface area contributed by atoms with Crippen LogP contribution >= 0.6 is 0 Å². The summed E-state index contributed by atoms with van der Waals surface area (Å²) in [5.41, 5.74) is 4.47. The molecule has 0 fully saturated rings. The van der Waals surface area contributed by atoms with E-state index in [0.717, 1.165) is 16.9 Å². The van der Waals surface area contributed by atoms with Crippen LogP contribution in [0.1, 0.15) is 29.9 Å². The van der Waals surface area contributed by atoms with Crippen LogP contribution in [0.5, 0.6) is 0 Å². The predicted molar refractivity (Wildman–Crippen MR) is 130 cm³/mol. The van der Waals surface area contributed by atoms with E-state index in [0.29, 0.717) is 28.8 Å². The summed E-state index contributed by atoms with van der Waals surface area (Å²) in [7, 11) is 3.96. The smallest absolute Gasteiger partial charge is 0.278 e. The fourth-order valence-electron chi connectivity index (χ4n) is 3.82. The zero-order valence-corrected chi connectivity index (χ0v) is 19.5. The molecular formula is C25H28N6O2. The first-order chi connectivity index (χ1) is 15.8. The van der Waals surface area contributed by atoms with Crippen molar-refractivity contribution < 1.29 is 4.79 Å². The Labute approximate surface area is 192 Å². The summed E-state index contributed by atoms with van der Waals surface area (Å²) in [5, 5.41) is 12.4. The number of carbonyl (C=O) groups is 1. The van der Waals surface area contributed by atoms with Crippen molar-refractivity contribution in [2.75, 3.05) is 19.0 Å². The lowest BCUT2D eigenvalue weighted by molar-refractivity contribution is -0.124. The van der Waals surface area contributed by atoms with Gasteiger partial charge in [0.25, 0.3) is 5.56 Å². The van der Waals surface area contributed by atoms with Gasteiger partial charge >= 0.3 is 0 Å². The van der Waals surface area contributed by atoms with Crippen molar-refractivity contribution in [3.05, 3.63) is 81.9 Å². The Kier molecular flexibility index (Phi) is 6.00. The molecule has 0 aliphatic rings. The number of fused-ring (bicyclic) bond motifs is 1. The highest BCUT2D eigenvalue weighted by Gasteiger charge is 2.23. The van der Waals surface area contributed by atoms with Crippen molar-refractivity contribution in [1.82, 2.24) is 24.9 Å². The average molecular weight is 445 g/mol. The van der Waals surface area contributed by atoms with Gasteiger partial charge in [0.05, 0.1) is 22.5 Å². The van der Waals surface area contributed by atoms with Crippen LogP contribution in [-0.2, 0) is 11.3 Å². The van der Waals surface area contributed by atoms with Crippen LogP contribution in [0.4, 0.5) is 5.69 Å². The topological polar surface area (TPSA) is 85.0 Å². The van der Waals surface area contributed by atoms with Gasteiger partial charge in [-0.2, -0.15) is 10.2 Å². The molecule has 0 unspecified atom stereocenters. The number of rotatable bonds is 6. The lowest BCUT2D eigenvalue weighted by Gasteiger charge is -2.16. The summed E-state index contributed by atoms with van der Waals surface area (Å²) in [6.45, 7) is 5.71. The van der Waals surface area contributed by atoms with E-state index in [1.54, 1.807) is 18.5 Å². The summed E-state index contributed by atoms with van der Waals surface area (Å²) in [5.74, 6) is -0.270. The van der Waals surface area contributed by atoms with Crippen molar-refractivity contribution in [2.24, 2.45) is 0 Å². The molecule has 2 heterocycles. The van der Waals surface area contributed by atoms with Crippen molar-refractivity contribution in [3.63, 3.8) is 0 Å². The Morgan fingerprint density at radius 3 is 2.33 bits per heavy atom. The van der Waals surface area contributed by atoms with Gasteiger partial charge in [0.1, 0.15) is 11.6 Å². The molecule has 0 aliphatic heterocycles. The summed E-state index contributed by atoms with van der Waals surface area (Å²) in [4.78, 5) is 28.2. The molecule has 0 saturated carbocycles. The number of aromatic nitrogens is 4. The monoisotopic (exact) mass is 444 g/mol. The molecular weight excluding hydrogens is 416 g/mol.